The molecule has 1 fully saturated rings. The standard InChI is InChI=1S/C17H25NO3/c1-13-6-4-5-7-16(13)21-12-15(17(19)20-3)14-8-10-18(2)11-9-14/h4-7,14-15H,8-12H2,1-3H3. The second kappa shape index (κ2) is 7.46. The molecule has 1 aromatic carbocycles. The van der Waals surface area contributed by atoms with Gasteiger partial charge in [0.2, 0.25) is 0 Å². The molecule has 0 bridgehead atoms. The summed E-state index contributed by atoms with van der Waals surface area (Å²) in [5, 5.41) is 0. The number of carbonyl (C=O) groups is 1. The van der Waals surface area contributed by atoms with Crippen LogP contribution in [0.1, 0.15) is 18.4 Å². The third kappa shape index (κ3) is 4.21. The summed E-state index contributed by atoms with van der Waals surface area (Å²) in [5.74, 6) is 0.860. The smallest absolute Gasteiger partial charge is 0.312 e. The third-order valence-corrected chi connectivity index (χ3v) is 4.35. The lowest BCUT2D eigenvalue weighted by Gasteiger charge is -2.33. The Balaban J connectivity index is 2.00. The Morgan fingerprint density at radius 1 is 1.33 bits per heavy atom. The summed E-state index contributed by atoms with van der Waals surface area (Å²) >= 11 is 0. The lowest BCUT2D eigenvalue weighted by Crippen LogP contribution is -2.38. The number of methoxy groups -OCH3 is 1. The molecule has 1 atom stereocenters. The van der Waals surface area contributed by atoms with Crippen LogP contribution in [0.4, 0.5) is 0 Å². The van der Waals surface area contributed by atoms with Gasteiger partial charge < -0.3 is 14.4 Å². The zero-order valence-corrected chi connectivity index (χ0v) is 13.2. The quantitative estimate of drug-likeness (QED) is 0.781. The Bertz CT molecular complexity index is 467. The van der Waals surface area contributed by atoms with Crippen molar-refractivity contribution in [1.29, 1.82) is 0 Å². The zero-order chi connectivity index (χ0) is 15.2. The van der Waals surface area contributed by atoms with Crippen molar-refractivity contribution in [1.82, 2.24) is 4.90 Å². The van der Waals surface area contributed by atoms with E-state index < -0.39 is 0 Å². The lowest BCUT2D eigenvalue weighted by atomic mass is 9.85. The fraction of sp³-hybridized carbons (Fsp3) is 0.588. The van der Waals surface area contributed by atoms with Crippen LogP contribution in [0.2, 0.25) is 0 Å². The number of hydrogen-bond donors (Lipinski definition) is 0. The molecule has 21 heavy (non-hydrogen) atoms. The molecule has 1 aliphatic heterocycles. The highest BCUT2D eigenvalue weighted by molar-refractivity contribution is 5.72. The lowest BCUT2D eigenvalue weighted by molar-refractivity contribution is -0.149. The zero-order valence-electron chi connectivity index (χ0n) is 13.2. The topological polar surface area (TPSA) is 38.8 Å². The monoisotopic (exact) mass is 291 g/mol. The molecular formula is C17H25NO3. The summed E-state index contributed by atoms with van der Waals surface area (Å²) in [4.78, 5) is 14.4. The predicted octanol–water partition coefficient (Wildman–Crippen LogP) is 2.50. The summed E-state index contributed by atoms with van der Waals surface area (Å²) in [7, 11) is 3.57. The second-order valence-electron chi connectivity index (χ2n) is 5.85. The molecule has 2 rings (SSSR count). The molecule has 0 amide bonds. The SMILES string of the molecule is COC(=O)C(COc1ccccc1C)C1CCN(C)CC1. The number of benzene rings is 1. The highest BCUT2D eigenvalue weighted by atomic mass is 16.5. The molecule has 1 unspecified atom stereocenters. The fourth-order valence-corrected chi connectivity index (χ4v) is 2.88. The van der Waals surface area contributed by atoms with E-state index >= 15 is 0 Å². The van der Waals surface area contributed by atoms with Crippen molar-refractivity contribution in [2.24, 2.45) is 11.8 Å². The summed E-state index contributed by atoms with van der Waals surface area (Å²) in [5.41, 5.74) is 1.09. The first-order chi connectivity index (χ1) is 10.1. The van der Waals surface area contributed by atoms with E-state index in [1.807, 2.05) is 31.2 Å². The second-order valence-corrected chi connectivity index (χ2v) is 5.85. The van der Waals surface area contributed by atoms with E-state index in [0.29, 0.717) is 12.5 Å². The molecule has 0 aliphatic carbocycles. The van der Waals surface area contributed by atoms with E-state index in [2.05, 4.69) is 11.9 Å². The van der Waals surface area contributed by atoms with Gasteiger partial charge in [0.15, 0.2) is 0 Å². The van der Waals surface area contributed by atoms with Crippen LogP contribution in [0.3, 0.4) is 0 Å². The summed E-state index contributed by atoms with van der Waals surface area (Å²) in [6.07, 6.45) is 2.04. The first-order valence-corrected chi connectivity index (χ1v) is 7.56. The van der Waals surface area contributed by atoms with Crippen LogP contribution in [0.25, 0.3) is 0 Å². The number of esters is 1. The van der Waals surface area contributed by atoms with Crippen molar-refractivity contribution in [3.05, 3.63) is 29.8 Å². The van der Waals surface area contributed by atoms with Gasteiger partial charge in [0, 0.05) is 0 Å². The molecule has 4 nitrogen and oxygen atoms in total. The molecule has 0 N–H and O–H groups in total. The normalized spacial score (nSPS) is 18.2. The number of carbonyl (C=O) groups excluding carboxylic acids is 1. The average Bonchev–Trinajstić information content (AvgIpc) is 2.50. The van der Waals surface area contributed by atoms with Gasteiger partial charge in [0.05, 0.1) is 13.0 Å². The Labute approximate surface area is 127 Å². The van der Waals surface area contributed by atoms with Gasteiger partial charge >= 0.3 is 5.97 Å². The number of likely N-dealkylation sites (tertiary alicyclic amines) is 1. The van der Waals surface area contributed by atoms with Gasteiger partial charge in [-0.25, -0.2) is 0 Å². The van der Waals surface area contributed by atoms with Crippen LogP contribution in [-0.4, -0.2) is 44.7 Å². The largest absolute Gasteiger partial charge is 0.492 e. The highest BCUT2D eigenvalue weighted by Gasteiger charge is 2.32. The molecule has 1 aromatic rings. The molecule has 4 heteroatoms. The minimum Gasteiger partial charge on any atom is -0.492 e. The van der Waals surface area contributed by atoms with Gasteiger partial charge in [-0.15, -0.1) is 0 Å². The molecule has 0 saturated carbocycles. The maximum absolute atomic E-state index is 12.1. The highest BCUT2D eigenvalue weighted by Crippen LogP contribution is 2.27. The van der Waals surface area contributed by atoms with Gasteiger partial charge in [-0.05, 0) is 57.5 Å². The van der Waals surface area contributed by atoms with E-state index in [4.69, 9.17) is 9.47 Å². The predicted molar refractivity (Wildman–Crippen MR) is 82.4 cm³/mol. The van der Waals surface area contributed by atoms with Gasteiger partial charge in [-0.3, -0.25) is 4.79 Å². The molecule has 0 aromatic heterocycles. The Morgan fingerprint density at radius 3 is 2.62 bits per heavy atom. The van der Waals surface area contributed by atoms with Crippen LogP contribution < -0.4 is 4.74 Å². The van der Waals surface area contributed by atoms with E-state index in [1.165, 1.54) is 7.11 Å². The molecule has 116 valence electrons. The Hall–Kier alpha value is -1.55. The van der Waals surface area contributed by atoms with Crippen molar-refractivity contribution in [2.75, 3.05) is 33.9 Å². The van der Waals surface area contributed by atoms with E-state index in [9.17, 15) is 4.79 Å². The molecule has 1 aliphatic rings. The molecule has 1 saturated heterocycles. The van der Waals surface area contributed by atoms with E-state index in [1.54, 1.807) is 0 Å². The minimum atomic E-state index is -0.177. The Morgan fingerprint density at radius 2 is 2.00 bits per heavy atom. The van der Waals surface area contributed by atoms with Crippen molar-refractivity contribution in [3.63, 3.8) is 0 Å². The summed E-state index contributed by atoms with van der Waals surface area (Å²) in [6.45, 7) is 4.47. The molecule has 0 spiro atoms. The summed E-state index contributed by atoms with van der Waals surface area (Å²) in [6, 6.07) is 7.89. The maximum Gasteiger partial charge on any atom is 0.312 e. The number of hydrogen-bond acceptors (Lipinski definition) is 4. The van der Waals surface area contributed by atoms with Crippen molar-refractivity contribution >= 4 is 5.97 Å². The van der Waals surface area contributed by atoms with E-state index in [0.717, 1.165) is 37.2 Å². The van der Waals surface area contributed by atoms with Crippen molar-refractivity contribution in [2.45, 2.75) is 19.8 Å². The number of piperidine rings is 1. The van der Waals surface area contributed by atoms with Crippen LogP contribution in [0, 0.1) is 18.8 Å². The van der Waals surface area contributed by atoms with Gasteiger partial charge in [0.1, 0.15) is 12.4 Å². The number of ether oxygens (including phenoxy) is 2. The van der Waals surface area contributed by atoms with Crippen molar-refractivity contribution in [3.8, 4) is 5.75 Å². The number of para-hydroxylation sites is 1. The van der Waals surface area contributed by atoms with Crippen LogP contribution in [0.15, 0.2) is 24.3 Å². The first kappa shape index (κ1) is 15.8. The first-order valence-electron chi connectivity index (χ1n) is 7.56. The average molecular weight is 291 g/mol. The summed E-state index contributed by atoms with van der Waals surface area (Å²) < 4.78 is 10.9. The van der Waals surface area contributed by atoms with E-state index in [-0.39, 0.29) is 11.9 Å². The van der Waals surface area contributed by atoms with Gasteiger partial charge in [0.25, 0.3) is 0 Å². The van der Waals surface area contributed by atoms with Gasteiger partial charge in [-0.1, -0.05) is 18.2 Å². The molecular weight excluding hydrogens is 266 g/mol. The molecule has 0 radical (unpaired) electrons. The minimum absolute atomic E-state index is 0.155. The number of nitrogens with zero attached hydrogens (tertiary/aromatic N) is 1. The van der Waals surface area contributed by atoms with Gasteiger partial charge in [-0.2, -0.15) is 0 Å². The van der Waals surface area contributed by atoms with Crippen LogP contribution in [-0.2, 0) is 9.53 Å². The van der Waals surface area contributed by atoms with Crippen LogP contribution in [0.5, 0.6) is 5.75 Å². The number of aryl methyl sites for hydroxylation is 1. The third-order valence-electron chi connectivity index (χ3n) is 4.35. The Kier molecular flexibility index (Phi) is 5.62. The van der Waals surface area contributed by atoms with Crippen LogP contribution >= 0.6 is 0 Å². The number of rotatable bonds is 5. The molecule has 1 heterocycles. The maximum atomic E-state index is 12.1. The fourth-order valence-electron chi connectivity index (χ4n) is 2.88. The van der Waals surface area contributed by atoms with Crippen molar-refractivity contribution < 1.29 is 14.3 Å².